The van der Waals surface area contributed by atoms with Crippen molar-refractivity contribution in [1.82, 2.24) is 4.98 Å². The fourth-order valence-corrected chi connectivity index (χ4v) is 2.16. The molecule has 2 aromatic rings. The average Bonchev–Trinajstić information content (AvgIpc) is 2.38. The Labute approximate surface area is 127 Å². The molecule has 20 heavy (non-hydrogen) atoms. The predicted molar refractivity (Wildman–Crippen MR) is 81.9 cm³/mol. The summed E-state index contributed by atoms with van der Waals surface area (Å²) in [7, 11) is 0. The molecule has 102 valence electrons. The number of aromatic nitrogens is 1. The van der Waals surface area contributed by atoms with Crippen molar-refractivity contribution in [2.45, 2.75) is 26.2 Å². The lowest BCUT2D eigenvalue weighted by molar-refractivity contribution is 0.439. The number of nitrogens with zero attached hydrogens (tertiary/aromatic N) is 2. The zero-order valence-corrected chi connectivity index (χ0v) is 13.2. The van der Waals surface area contributed by atoms with Gasteiger partial charge in [0.2, 0.25) is 5.88 Å². The van der Waals surface area contributed by atoms with Crippen LogP contribution in [-0.2, 0) is 5.41 Å². The SMILES string of the molecule is CC(C)(C)c1cc(C#N)ccc1Oc1cccc(Br)n1. The van der Waals surface area contributed by atoms with E-state index in [0.717, 1.165) is 15.9 Å². The Kier molecular flexibility index (Phi) is 4.10. The molecule has 0 spiro atoms. The van der Waals surface area contributed by atoms with Crippen LogP contribution in [0, 0.1) is 11.3 Å². The normalized spacial score (nSPS) is 10.9. The molecule has 1 heterocycles. The van der Waals surface area contributed by atoms with Crippen molar-refractivity contribution >= 4 is 15.9 Å². The molecule has 0 radical (unpaired) electrons. The lowest BCUT2D eigenvalue weighted by Crippen LogP contribution is -2.13. The standard InChI is InChI=1S/C16H15BrN2O/c1-16(2,3)12-9-11(10-18)7-8-13(12)20-15-6-4-5-14(17)19-15/h4-9H,1-3H3. The summed E-state index contributed by atoms with van der Waals surface area (Å²) in [6.07, 6.45) is 0. The molecular weight excluding hydrogens is 316 g/mol. The quantitative estimate of drug-likeness (QED) is 0.742. The Balaban J connectivity index is 2.44. The third kappa shape index (κ3) is 3.37. The first-order valence-electron chi connectivity index (χ1n) is 6.25. The van der Waals surface area contributed by atoms with E-state index in [1.54, 1.807) is 12.1 Å². The van der Waals surface area contributed by atoms with E-state index in [9.17, 15) is 0 Å². The summed E-state index contributed by atoms with van der Waals surface area (Å²) in [6, 6.07) is 13.1. The topological polar surface area (TPSA) is 45.9 Å². The van der Waals surface area contributed by atoms with Gasteiger partial charge in [0.05, 0.1) is 11.6 Å². The molecule has 1 aromatic carbocycles. The Bertz CT molecular complexity index is 669. The summed E-state index contributed by atoms with van der Waals surface area (Å²) >= 11 is 3.32. The van der Waals surface area contributed by atoms with Gasteiger partial charge in [0.1, 0.15) is 10.4 Å². The molecule has 0 N–H and O–H groups in total. The highest BCUT2D eigenvalue weighted by atomic mass is 79.9. The van der Waals surface area contributed by atoms with Crippen LogP contribution in [0.5, 0.6) is 11.6 Å². The minimum absolute atomic E-state index is 0.117. The van der Waals surface area contributed by atoms with E-state index in [1.807, 2.05) is 24.3 Å². The van der Waals surface area contributed by atoms with Crippen molar-refractivity contribution in [2.24, 2.45) is 0 Å². The van der Waals surface area contributed by atoms with Gasteiger partial charge in [0, 0.05) is 11.6 Å². The predicted octanol–water partition coefficient (Wildman–Crippen LogP) is 4.81. The summed E-state index contributed by atoms with van der Waals surface area (Å²) in [5.41, 5.74) is 1.50. The molecule has 1 aromatic heterocycles. The first-order valence-corrected chi connectivity index (χ1v) is 7.04. The third-order valence-electron chi connectivity index (χ3n) is 2.82. The minimum atomic E-state index is -0.117. The first kappa shape index (κ1) is 14.5. The fraction of sp³-hybridized carbons (Fsp3) is 0.250. The van der Waals surface area contributed by atoms with Gasteiger partial charge in [0.25, 0.3) is 0 Å². The maximum absolute atomic E-state index is 9.04. The second-order valence-corrected chi connectivity index (χ2v) is 6.29. The number of hydrogen-bond acceptors (Lipinski definition) is 3. The molecule has 2 rings (SSSR count). The lowest BCUT2D eigenvalue weighted by atomic mass is 9.85. The van der Waals surface area contributed by atoms with Gasteiger partial charge in [-0.25, -0.2) is 4.98 Å². The van der Waals surface area contributed by atoms with Crippen LogP contribution < -0.4 is 4.74 Å². The highest BCUT2D eigenvalue weighted by Crippen LogP contribution is 2.34. The van der Waals surface area contributed by atoms with Crippen LogP contribution in [0.25, 0.3) is 0 Å². The molecule has 4 heteroatoms. The van der Waals surface area contributed by atoms with Crippen molar-refractivity contribution in [2.75, 3.05) is 0 Å². The smallest absolute Gasteiger partial charge is 0.220 e. The van der Waals surface area contributed by atoms with E-state index in [0.29, 0.717) is 11.4 Å². The minimum Gasteiger partial charge on any atom is -0.439 e. The van der Waals surface area contributed by atoms with Gasteiger partial charge < -0.3 is 4.74 Å². The molecule has 0 atom stereocenters. The van der Waals surface area contributed by atoms with Gasteiger partial charge in [-0.15, -0.1) is 0 Å². The molecule has 0 saturated carbocycles. The Hall–Kier alpha value is -1.86. The summed E-state index contributed by atoms with van der Waals surface area (Å²) in [6.45, 7) is 6.26. The number of hydrogen-bond donors (Lipinski definition) is 0. The fourth-order valence-electron chi connectivity index (χ4n) is 1.83. The van der Waals surface area contributed by atoms with E-state index in [-0.39, 0.29) is 5.41 Å². The second-order valence-electron chi connectivity index (χ2n) is 5.47. The van der Waals surface area contributed by atoms with Crippen LogP contribution in [0.3, 0.4) is 0 Å². The summed E-state index contributed by atoms with van der Waals surface area (Å²) < 4.78 is 6.59. The molecule has 0 bridgehead atoms. The highest BCUT2D eigenvalue weighted by molar-refractivity contribution is 9.10. The lowest BCUT2D eigenvalue weighted by Gasteiger charge is -2.22. The maximum Gasteiger partial charge on any atom is 0.220 e. The van der Waals surface area contributed by atoms with Crippen LogP contribution >= 0.6 is 15.9 Å². The molecule has 3 nitrogen and oxygen atoms in total. The van der Waals surface area contributed by atoms with Crippen LogP contribution in [0.2, 0.25) is 0 Å². The molecule has 0 aliphatic heterocycles. The maximum atomic E-state index is 9.04. The number of benzene rings is 1. The third-order valence-corrected chi connectivity index (χ3v) is 3.26. The van der Waals surface area contributed by atoms with E-state index in [1.165, 1.54) is 0 Å². The van der Waals surface area contributed by atoms with Gasteiger partial charge in [0.15, 0.2) is 0 Å². The largest absolute Gasteiger partial charge is 0.439 e. The van der Waals surface area contributed by atoms with E-state index in [2.05, 4.69) is 47.8 Å². The number of ether oxygens (including phenoxy) is 1. The van der Waals surface area contributed by atoms with Crippen LogP contribution in [-0.4, -0.2) is 4.98 Å². The summed E-state index contributed by atoms with van der Waals surface area (Å²) in [5, 5.41) is 9.04. The first-order chi connectivity index (χ1) is 9.40. The zero-order chi connectivity index (χ0) is 14.8. The van der Waals surface area contributed by atoms with Crippen molar-refractivity contribution in [3.63, 3.8) is 0 Å². The second kappa shape index (κ2) is 5.64. The van der Waals surface area contributed by atoms with Gasteiger partial charge in [-0.1, -0.05) is 26.8 Å². The van der Waals surface area contributed by atoms with Gasteiger partial charge >= 0.3 is 0 Å². The van der Waals surface area contributed by atoms with E-state index >= 15 is 0 Å². The Morgan fingerprint density at radius 2 is 1.95 bits per heavy atom. The number of halogens is 1. The molecule has 0 aliphatic rings. The highest BCUT2D eigenvalue weighted by Gasteiger charge is 2.20. The molecular formula is C16H15BrN2O. The average molecular weight is 331 g/mol. The van der Waals surface area contributed by atoms with Crippen LogP contribution in [0.15, 0.2) is 41.0 Å². The molecule has 0 amide bonds. The molecule has 0 aliphatic carbocycles. The molecule has 0 saturated heterocycles. The number of rotatable bonds is 2. The van der Waals surface area contributed by atoms with E-state index < -0.39 is 0 Å². The molecule has 0 unspecified atom stereocenters. The summed E-state index contributed by atoms with van der Waals surface area (Å²) in [4.78, 5) is 4.26. The Morgan fingerprint density at radius 3 is 2.55 bits per heavy atom. The van der Waals surface area contributed by atoms with Crippen molar-refractivity contribution < 1.29 is 4.74 Å². The zero-order valence-electron chi connectivity index (χ0n) is 11.6. The monoisotopic (exact) mass is 330 g/mol. The van der Waals surface area contributed by atoms with Crippen molar-refractivity contribution in [1.29, 1.82) is 5.26 Å². The van der Waals surface area contributed by atoms with Crippen molar-refractivity contribution in [3.8, 4) is 17.7 Å². The summed E-state index contributed by atoms with van der Waals surface area (Å²) in [5.74, 6) is 1.25. The van der Waals surface area contributed by atoms with Crippen LogP contribution in [0.4, 0.5) is 0 Å². The molecule has 0 fully saturated rings. The Morgan fingerprint density at radius 1 is 1.20 bits per heavy atom. The number of pyridine rings is 1. The van der Waals surface area contributed by atoms with Crippen LogP contribution in [0.1, 0.15) is 31.9 Å². The van der Waals surface area contributed by atoms with Crippen molar-refractivity contribution in [3.05, 3.63) is 52.1 Å². The van der Waals surface area contributed by atoms with Gasteiger partial charge in [-0.3, -0.25) is 0 Å². The van der Waals surface area contributed by atoms with Gasteiger partial charge in [-0.05, 0) is 45.6 Å². The van der Waals surface area contributed by atoms with Gasteiger partial charge in [-0.2, -0.15) is 5.26 Å². The number of nitriles is 1. The van der Waals surface area contributed by atoms with E-state index in [4.69, 9.17) is 10.00 Å².